The number of hydrogen-bond acceptors (Lipinski definition) is 4. The van der Waals surface area contributed by atoms with Gasteiger partial charge >= 0.3 is 0 Å². The third-order valence-corrected chi connectivity index (χ3v) is 7.94. The lowest BCUT2D eigenvalue weighted by molar-refractivity contribution is -0.127. The molecular formula is C23H30FN3O3S. The van der Waals surface area contributed by atoms with E-state index in [1.54, 1.807) is 24.3 Å². The fourth-order valence-electron chi connectivity index (χ4n) is 3.69. The Hall–Kier alpha value is -2.29. The average molecular weight is 448 g/mol. The predicted molar refractivity (Wildman–Crippen MR) is 119 cm³/mol. The Balaban J connectivity index is 1.58. The highest BCUT2D eigenvalue weighted by atomic mass is 32.2. The molecule has 2 atom stereocenters. The van der Waals surface area contributed by atoms with Crippen molar-refractivity contribution in [1.82, 2.24) is 14.5 Å². The number of nitrogens with zero attached hydrogens (tertiary/aromatic N) is 2. The molecule has 0 aromatic heterocycles. The molecule has 0 radical (unpaired) electrons. The summed E-state index contributed by atoms with van der Waals surface area (Å²) in [5, 5.41) is 2.96. The van der Waals surface area contributed by atoms with Crippen molar-refractivity contribution < 1.29 is 17.6 Å². The van der Waals surface area contributed by atoms with Gasteiger partial charge in [0.1, 0.15) is 5.82 Å². The number of hydrogen-bond donors (Lipinski definition) is 1. The van der Waals surface area contributed by atoms with Gasteiger partial charge in [0, 0.05) is 26.2 Å². The zero-order valence-corrected chi connectivity index (χ0v) is 19.2. The van der Waals surface area contributed by atoms with Crippen LogP contribution in [0.15, 0.2) is 47.4 Å². The molecule has 0 bridgehead atoms. The van der Waals surface area contributed by atoms with Gasteiger partial charge in [-0.15, -0.1) is 0 Å². The zero-order valence-electron chi connectivity index (χ0n) is 18.4. The van der Waals surface area contributed by atoms with Crippen LogP contribution in [0.5, 0.6) is 0 Å². The molecule has 1 heterocycles. The van der Waals surface area contributed by atoms with Crippen molar-refractivity contribution in [2.24, 2.45) is 0 Å². The maximum Gasteiger partial charge on any atom is 0.243 e. The van der Waals surface area contributed by atoms with Crippen molar-refractivity contribution in [1.29, 1.82) is 0 Å². The number of aryl methyl sites for hydroxylation is 2. The highest BCUT2D eigenvalue weighted by Gasteiger charge is 2.32. The van der Waals surface area contributed by atoms with Crippen LogP contribution in [0.25, 0.3) is 0 Å². The smallest absolute Gasteiger partial charge is 0.243 e. The van der Waals surface area contributed by atoms with Crippen molar-refractivity contribution in [3.05, 3.63) is 65.0 Å². The van der Waals surface area contributed by atoms with Crippen molar-refractivity contribution in [3.8, 4) is 0 Å². The van der Waals surface area contributed by atoms with Crippen LogP contribution in [0.3, 0.4) is 0 Å². The Labute approximate surface area is 184 Å². The Bertz CT molecular complexity index is 1030. The van der Waals surface area contributed by atoms with E-state index < -0.39 is 16.1 Å². The van der Waals surface area contributed by atoms with Crippen LogP contribution < -0.4 is 5.32 Å². The number of sulfonamides is 1. The van der Waals surface area contributed by atoms with E-state index in [1.807, 2.05) is 38.7 Å². The number of halogens is 1. The van der Waals surface area contributed by atoms with Crippen LogP contribution in [0.4, 0.5) is 4.39 Å². The van der Waals surface area contributed by atoms with E-state index in [0.717, 1.165) is 16.7 Å². The normalized spacial score (nSPS) is 17.8. The largest absolute Gasteiger partial charge is 0.348 e. The number of carbonyl (C=O) groups excluding carboxylic acids is 1. The number of amides is 1. The minimum absolute atomic E-state index is 0.137. The maximum absolute atomic E-state index is 13.1. The van der Waals surface area contributed by atoms with Crippen molar-refractivity contribution in [2.45, 2.75) is 44.7 Å². The van der Waals surface area contributed by atoms with E-state index in [4.69, 9.17) is 0 Å². The van der Waals surface area contributed by atoms with Gasteiger partial charge in [0.15, 0.2) is 0 Å². The molecule has 3 rings (SSSR count). The second kappa shape index (κ2) is 9.46. The van der Waals surface area contributed by atoms with E-state index in [1.165, 1.54) is 16.4 Å². The first-order valence-electron chi connectivity index (χ1n) is 10.5. The summed E-state index contributed by atoms with van der Waals surface area (Å²) in [6.07, 6.45) is 0. The van der Waals surface area contributed by atoms with Crippen LogP contribution in [-0.4, -0.2) is 55.8 Å². The highest BCUT2D eigenvalue weighted by Crippen LogP contribution is 2.21. The van der Waals surface area contributed by atoms with Crippen LogP contribution in [0.2, 0.25) is 0 Å². The Kier molecular flexibility index (Phi) is 7.13. The quantitative estimate of drug-likeness (QED) is 0.739. The molecule has 0 aliphatic carbocycles. The van der Waals surface area contributed by atoms with E-state index in [9.17, 15) is 17.6 Å². The summed E-state index contributed by atoms with van der Waals surface area (Å²) in [7, 11) is -3.55. The molecule has 0 saturated carbocycles. The average Bonchev–Trinajstić information content (AvgIpc) is 2.75. The predicted octanol–water partition coefficient (Wildman–Crippen LogP) is 3.01. The summed E-state index contributed by atoms with van der Waals surface area (Å²) in [6, 6.07) is 10.6. The van der Waals surface area contributed by atoms with Gasteiger partial charge in [-0.2, -0.15) is 4.31 Å². The molecule has 2 aromatic rings. The summed E-state index contributed by atoms with van der Waals surface area (Å²) in [4.78, 5) is 15.0. The fourth-order valence-corrected chi connectivity index (χ4v) is 5.20. The third-order valence-electron chi connectivity index (χ3n) is 6.05. The molecule has 6 nitrogen and oxygen atoms in total. The second-order valence-electron chi connectivity index (χ2n) is 8.14. The first-order valence-corrected chi connectivity index (χ1v) is 11.9. The molecule has 8 heteroatoms. The third kappa shape index (κ3) is 5.31. The van der Waals surface area contributed by atoms with Gasteiger partial charge in [-0.25, -0.2) is 12.8 Å². The van der Waals surface area contributed by atoms with E-state index in [0.29, 0.717) is 31.1 Å². The van der Waals surface area contributed by atoms with Gasteiger partial charge in [0.05, 0.1) is 17.0 Å². The first kappa shape index (κ1) is 23.4. The van der Waals surface area contributed by atoms with Gasteiger partial charge in [-0.05, 0) is 68.7 Å². The van der Waals surface area contributed by atoms with Crippen LogP contribution in [0, 0.1) is 19.7 Å². The molecule has 2 aromatic carbocycles. The SMILES string of the molecule is Cc1ccc(S(=O)(=O)N2CCN(C(C)C(=O)NC(C)c3ccc(F)cc3)CC2)cc1C. The van der Waals surface area contributed by atoms with Gasteiger partial charge in [0.2, 0.25) is 15.9 Å². The van der Waals surface area contributed by atoms with Gasteiger partial charge in [-0.1, -0.05) is 18.2 Å². The Morgan fingerprint density at radius 3 is 2.16 bits per heavy atom. The van der Waals surface area contributed by atoms with Gasteiger partial charge in [-0.3, -0.25) is 9.69 Å². The molecule has 1 aliphatic rings. The molecule has 168 valence electrons. The summed E-state index contributed by atoms with van der Waals surface area (Å²) < 4.78 is 40.6. The number of rotatable bonds is 6. The summed E-state index contributed by atoms with van der Waals surface area (Å²) in [5.74, 6) is -0.452. The second-order valence-corrected chi connectivity index (χ2v) is 10.1. The summed E-state index contributed by atoms with van der Waals surface area (Å²) >= 11 is 0. The van der Waals surface area contributed by atoms with Gasteiger partial charge < -0.3 is 5.32 Å². The highest BCUT2D eigenvalue weighted by molar-refractivity contribution is 7.89. The summed E-state index contributed by atoms with van der Waals surface area (Å²) in [5.41, 5.74) is 2.82. The van der Waals surface area contributed by atoms with Crippen molar-refractivity contribution >= 4 is 15.9 Å². The molecule has 1 aliphatic heterocycles. The van der Waals surface area contributed by atoms with Crippen molar-refractivity contribution in [3.63, 3.8) is 0 Å². The standard InChI is InChI=1S/C23H30FN3O3S/c1-16-5-10-22(15-17(16)2)31(29,30)27-13-11-26(12-14-27)19(4)23(28)25-18(3)20-6-8-21(24)9-7-20/h5-10,15,18-19H,11-14H2,1-4H3,(H,25,28). The molecule has 2 unspecified atom stereocenters. The molecule has 1 N–H and O–H groups in total. The monoisotopic (exact) mass is 447 g/mol. The lowest BCUT2D eigenvalue weighted by Crippen LogP contribution is -2.55. The topological polar surface area (TPSA) is 69.7 Å². The first-order chi connectivity index (χ1) is 14.6. The maximum atomic E-state index is 13.1. The number of nitrogens with one attached hydrogen (secondary N) is 1. The molecule has 1 amide bonds. The number of benzene rings is 2. The van der Waals surface area contributed by atoms with Gasteiger partial charge in [0.25, 0.3) is 0 Å². The molecule has 1 saturated heterocycles. The minimum atomic E-state index is -3.55. The zero-order chi connectivity index (χ0) is 22.8. The number of carbonyl (C=O) groups is 1. The summed E-state index contributed by atoms with van der Waals surface area (Å²) in [6.45, 7) is 9.15. The lowest BCUT2D eigenvalue weighted by Gasteiger charge is -2.37. The molecular weight excluding hydrogens is 417 g/mol. The van der Waals surface area contributed by atoms with E-state index in [2.05, 4.69) is 5.32 Å². The minimum Gasteiger partial charge on any atom is -0.348 e. The molecule has 0 spiro atoms. The van der Waals surface area contributed by atoms with Crippen LogP contribution in [-0.2, 0) is 14.8 Å². The van der Waals surface area contributed by atoms with E-state index >= 15 is 0 Å². The van der Waals surface area contributed by atoms with Crippen molar-refractivity contribution in [2.75, 3.05) is 26.2 Å². The molecule has 31 heavy (non-hydrogen) atoms. The Morgan fingerprint density at radius 2 is 1.58 bits per heavy atom. The number of piperazine rings is 1. The lowest BCUT2D eigenvalue weighted by atomic mass is 10.1. The van der Waals surface area contributed by atoms with E-state index in [-0.39, 0.29) is 17.8 Å². The Morgan fingerprint density at radius 1 is 0.968 bits per heavy atom. The fraction of sp³-hybridized carbons (Fsp3) is 0.435. The molecule has 1 fully saturated rings. The van der Waals surface area contributed by atoms with Crippen LogP contribution >= 0.6 is 0 Å². The van der Waals surface area contributed by atoms with Crippen LogP contribution in [0.1, 0.15) is 36.6 Å².